The summed E-state index contributed by atoms with van der Waals surface area (Å²) in [6, 6.07) is 7.15. The zero-order valence-corrected chi connectivity index (χ0v) is 11.5. The van der Waals surface area contributed by atoms with Crippen LogP contribution < -0.4 is 0 Å². The monoisotopic (exact) mass is 284 g/mol. The summed E-state index contributed by atoms with van der Waals surface area (Å²) in [6.07, 6.45) is 0.317. The molecule has 1 nitrogen and oxygen atoms in total. The van der Waals surface area contributed by atoms with Crippen molar-refractivity contribution in [1.29, 1.82) is 0 Å². The van der Waals surface area contributed by atoms with Gasteiger partial charge >= 0.3 is 0 Å². The van der Waals surface area contributed by atoms with Crippen LogP contribution in [0.3, 0.4) is 0 Å². The number of halogens is 2. The van der Waals surface area contributed by atoms with E-state index in [-0.39, 0.29) is 5.78 Å². The average molecular weight is 285 g/mol. The second-order valence-corrected chi connectivity index (χ2v) is 5.53. The van der Waals surface area contributed by atoms with Crippen molar-refractivity contribution >= 4 is 40.3 Å². The molecule has 1 aromatic carbocycles. The Kier molecular flexibility index (Phi) is 3.87. The van der Waals surface area contributed by atoms with E-state index in [9.17, 15) is 4.79 Å². The van der Waals surface area contributed by atoms with Gasteiger partial charge in [-0.2, -0.15) is 0 Å². The zero-order valence-electron chi connectivity index (χ0n) is 9.17. The Bertz CT molecular complexity index is 560. The maximum atomic E-state index is 12.1. The molecule has 0 unspecified atom stereocenters. The number of hydrogen-bond donors (Lipinski definition) is 0. The van der Waals surface area contributed by atoms with E-state index in [1.54, 1.807) is 18.2 Å². The third kappa shape index (κ3) is 2.89. The van der Waals surface area contributed by atoms with E-state index in [1.807, 2.05) is 18.4 Å². The van der Waals surface area contributed by atoms with Crippen LogP contribution in [0.1, 0.15) is 20.8 Å². The molecule has 0 saturated heterocycles. The highest BCUT2D eigenvalue weighted by Crippen LogP contribution is 2.24. The van der Waals surface area contributed by atoms with Crippen molar-refractivity contribution in [2.24, 2.45) is 0 Å². The molecule has 0 atom stereocenters. The van der Waals surface area contributed by atoms with Crippen molar-refractivity contribution in [3.05, 3.63) is 55.7 Å². The minimum absolute atomic E-state index is 0.0988. The van der Waals surface area contributed by atoms with Crippen molar-refractivity contribution in [1.82, 2.24) is 0 Å². The summed E-state index contributed by atoms with van der Waals surface area (Å²) in [5, 5.41) is 3.05. The average Bonchev–Trinajstić information content (AvgIpc) is 2.68. The molecule has 1 aromatic heterocycles. The second kappa shape index (κ2) is 5.21. The molecule has 0 aliphatic rings. The minimum Gasteiger partial charge on any atom is -0.293 e. The van der Waals surface area contributed by atoms with E-state index in [0.717, 1.165) is 16.0 Å². The predicted octanol–water partition coefficient (Wildman–Crippen LogP) is 4.79. The van der Waals surface area contributed by atoms with Crippen LogP contribution in [0.2, 0.25) is 10.0 Å². The molecule has 0 aliphatic carbocycles. The molecule has 0 saturated carbocycles. The van der Waals surface area contributed by atoms with E-state index in [2.05, 4.69) is 0 Å². The molecule has 0 spiro atoms. The molecule has 17 heavy (non-hydrogen) atoms. The van der Waals surface area contributed by atoms with Gasteiger partial charge in [-0.3, -0.25) is 4.79 Å². The van der Waals surface area contributed by atoms with E-state index >= 15 is 0 Å². The van der Waals surface area contributed by atoms with Crippen molar-refractivity contribution in [2.75, 3.05) is 0 Å². The first-order chi connectivity index (χ1) is 8.08. The number of hydrogen-bond acceptors (Lipinski definition) is 2. The van der Waals surface area contributed by atoms with Crippen LogP contribution in [0.5, 0.6) is 0 Å². The third-order valence-electron chi connectivity index (χ3n) is 2.48. The van der Waals surface area contributed by atoms with Crippen LogP contribution in [0.4, 0.5) is 0 Å². The molecular formula is C13H10Cl2OS. The molecule has 1 heterocycles. The predicted molar refractivity (Wildman–Crippen MR) is 73.6 cm³/mol. The van der Waals surface area contributed by atoms with E-state index in [0.29, 0.717) is 16.5 Å². The number of ketones is 1. The lowest BCUT2D eigenvalue weighted by Gasteiger charge is -2.03. The standard InChI is InChI=1S/C13H10Cl2OS/c1-8-4-5-17-13(8)12(16)6-9-2-3-10(14)7-11(9)15/h2-5,7H,6H2,1H3. The van der Waals surface area contributed by atoms with Gasteiger partial charge in [0, 0.05) is 16.5 Å². The molecular weight excluding hydrogens is 275 g/mol. The summed E-state index contributed by atoms with van der Waals surface area (Å²) in [5.41, 5.74) is 1.83. The quantitative estimate of drug-likeness (QED) is 0.741. The Morgan fingerprint density at radius 2 is 2.06 bits per heavy atom. The number of thiophene rings is 1. The molecule has 0 aliphatic heterocycles. The summed E-state index contributed by atoms with van der Waals surface area (Å²) in [4.78, 5) is 12.9. The first kappa shape index (κ1) is 12.6. The van der Waals surface area contributed by atoms with Gasteiger partial charge in [-0.15, -0.1) is 11.3 Å². The SMILES string of the molecule is Cc1ccsc1C(=O)Cc1ccc(Cl)cc1Cl. The minimum atomic E-state index is 0.0988. The smallest absolute Gasteiger partial charge is 0.177 e. The Morgan fingerprint density at radius 1 is 1.29 bits per heavy atom. The summed E-state index contributed by atoms with van der Waals surface area (Å²) >= 11 is 13.3. The van der Waals surface area contributed by atoms with Gasteiger partial charge in [-0.1, -0.05) is 29.3 Å². The molecule has 2 rings (SSSR count). The highest BCUT2D eigenvalue weighted by atomic mass is 35.5. The largest absolute Gasteiger partial charge is 0.293 e. The molecule has 0 fully saturated rings. The molecule has 88 valence electrons. The Labute approximate surface area is 114 Å². The van der Waals surface area contributed by atoms with Crippen molar-refractivity contribution in [3.8, 4) is 0 Å². The van der Waals surface area contributed by atoms with Gasteiger partial charge in [0.2, 0.25) is 0 Å². The number of rotatable bonds is 3. The van der Waals surface area contributed by atoms with Crippen LogP contribution in [0, 0.1) is 6.92 Å². The summed E-state index contributed by atoms with van der Waals surface area (Å²) in [6.45, 7) is 1.94. The lowest BCUT2D eigenvalue weighted by molar-refractivity contribution is 0.0996. The van der Waals surface area contributed by atoms with Crippen molar-refractivity contribution < 1.29 is 4.79 Å². The molecule has 0 amide bonds. The van der Waals surface area contributed by atoms with Crippen LogP contribution >= 0.6 is 34.5 Å². The van der Waals surface area contributed by atoms with Gasteiger partial charge in [-0.25, -0.2) is 0 Å². The van der Waals surface area contributed by atoms with Gasteiger partial charge in [-0.05, 0) is 41.6 Å². The number of benzene rings is 1. The van der Waals surface area contributed by atoms with Crippen LogP contribution in [0.15, 0.2) is 29.6 Å². The van der Waals surface area contributed by atoms with Gasteiger partial charge in [0.25, 0.3) is 0 Å². The Morgan fingerprint density at radius 3 is 2.65 bits per heavy atom. The number of carbonyl (C=O) groups is 1. The number of Topliss-reactive ketones (excluding diaryl/α,β-unsaturated/α-hetero) is 1. The molecule has 0 bridgehead atoms. The summed E-state index contributed by atoms with van der Waals surface area (Å²) < 4.78 is 0. The topological polar surface area (TPSA) is 17.1 Å². The van der Waals surface area contributed by atoms with Crippen LogP contribution in [0.25, 0.3) is 0 Å². The Balaban J connectivity index is 2.22. The summed E-state index contributed by atoms with van der Waals surface area (Å²) in [5.74, 6) is 0.0988. The highest BCUT2D eigenvalue weighted by molar-refractivity contribution is 7.12. The number of aryl methyl sites for hydroxylation is 1. The molecule has 2 aromatic rings. The fourth-order valence-corrected chi connectivity index (χ4v) is 2.92. The third-order valence-corrected chi connectivity index (χ3v) is 4.13. The van der Waals surface area contributed by atoms with Crippen molar-refractivity contribution in [2.45, 2.75) is 13.3 Å². The highest BCUT2D eigenvalue weighted by Gasteiger charge is 2.13. The molecule has 0 N–H and O–H groups in total. The van der Waals surface area contributed by atoms with Gasteiger partial charge in [0.1, 0.15) is 0 Å². The normalized spacial score (nSPS) is 10.5. The first-order valence-electron chi connectivity index (χ1n) is 5.09. The van der Waals surface area contributed by atoms with E-state index in [4.69, 9.17) is 23.2 Å². The fraction of sp³-hybridized carbons (Fsp3) is 0.154. The maximum absolute atomic E-state index is 12.1. The molecule has 0 radical (unpaired) electrons. The van der Waals surface area contributed by atoms with Gasteiger partial charge in [0.15, 0.2) is 5.78 Å². The molecule has 4 heteroatoms. The maximum Gasteiger partial charge on any atom is 0.177 e. The van der Waals surface area contributed by atoms with E-state index in [1.165, 1.54) is 11.3 Å². The second-order valence-electron chi connectivity index (χ2n) is 3.77. The fourth-order valence-electron chi connectivity index (χ4n) is 1.58. The van der Waals surface area contributed by atoms with E-state index < -0.39 is 0 Å². The van der Waals surface area contributed by atoms with Gasteiger partial charge in [0.05, 0.1) is 4.88 Å². The Hall–Kier alpha value is -0.830. The number of carbonyl (C=O) groups excluding carboxylic acids is 1. The lowest BCUT2D eigenvalue weighted by Crippen LogP contribution is -2.03. The van der Waals surface area contributed by atoms with Crippen LogP contribution in [-0.4, -0.2) is 5.78 Å². The van der Waals surface area contributed by atoms with Crippen LogP contribution in [-0.2, 0) is 6.42 Å². The zero-order chi connectivity index (χ0) is 12.4. The van der Waals surface area contributed by atoms with Gasteiger partial charge < -0.3 is 0 Å². The lowest BCUT2D eigenvalue weighted by atomic mass is 10.1. The first-order valence-corrected chi connectivity index (χ1v) is 6.72. The van der Waals surface area contributed by atoms with Crippen molar-refractivity contribution in [3.63, 3.8) is 0 Å². The summed E-state index contributed by atoms with van der Waals surface area (Å²) in [7, 11) is 0.